The maximum atomic E-state index is 12.7. The van der Waals surface area contributed by atoms with Crippen molar-refractivity contribution in [2.45, 2.75) is 31.7 Å². The summed E-state index contributed by atoms with van der Waals surface area (Å²) in [6, 6.07) is 10.1. The van der Waals surface area contributed by atoms with Crippen LogP contribution in [0.4, 0.5) is 0 Å². The number of nitrogens with one attached hydrogen (secondary N) is 1. The number of morpholine rings is 1. The fourth-order valence-corrected chi connectivity index (χ4v) is 3.88. The lowest BCUT2D eigenvalue weighted by molar-refractivity contribution is -0.128. The molecule has 0 spiro atoms. The van der Waals surface area contributed by atoms with Gasteiger partial charge >= 0.3 is 0 Å². The second-order valence-electron chi connectivity index (χ2n) is 6.83. The van der Waals surface area contributed by atoms with E-state index in [1.54, 1.807) is 0 Å². The normalized spacial score (nSPS) is 21.4. The summed E-state index contributed by atoms with van der Waals surface area (Å²) in [5, 5.41) is 13.2. The van der Waals surface area contributed by atoms with Crippen LogP contribution in [0, 0.1) is 16.7 Å². The molecule has 1 unspecified atom stereocenters. The molecule has 1 aliphatic heterocycles. The van der Waals surface area contributed by atoms with E-state index in [9.17, 15) is 10.1 Å². The zero-order valence-electron chi connectivity index (χ0n) is 14.3. The van der Waals surface area contributed by atoms with Crippen molar-refractivity contribution in [3.05, 3.63) is 34.9 Å². The SMILES string of the molecule is N#CC1(C(=O)NCC(c2ccc(Cl)cc2)N2CCOCC2)CCCC1. The topological polar surface area (TPSA) is 65.4 Å². The monoisotopic (exact) mass is 361 g/mol. The Balaban J connectivity index is 1.72. The van der Waals surface area contributed by atoms with Crippen LogP contribution in [0.2, 0.25) is 5.02 Å². The van der Waals surface area contributed by atoms with E-state index in [1.165, 1.54) is 0 Å². The molecule has 2 aliphatic rings. The van der Waals surface area contributed by atoms with Gasteiger partial charge in [-0.15, -0.1) is 0 Å². The first-order valence-electron chi connectivity index (χ1n) is 8.91. The number of benzene rings is 1. The number of halogens is 1. The third kappa shape index (κ3) is 4.14. The highest BCUT2D eigenvalue weighted by Crippen LogP contribution is 2.37. The van der Waals surface area contributed by atoms with E-state index in [1.807, 2.05) is 24.3 Å². The Labute approximate surface area is 153 Å². The Hall–Kier alpha value is -1.61. The smallest absolute Gasteiger partial charge is 0.240 e. The summed E-state index contributed by atoms with van der Waals surface area (Å²) in [5.41, 5.74) is 0.277. The Morgan fingerprint density at radius 3 is 2.52 bits per heavy atom. The molecule has 0 radical (unpaired) electrons. The third-order valence-electron chi connectivity index (χ3n) is 5.30. The Morgan fingerprint density at radius 2 is 1.92 bits per heavy atom. The van der Waals surface area contributed by atoms with Crippen LogP contribution in [-0.4, -0.2) is 43.7 Å². The van der Waals surface area contributed by atoms with Gasteiger partial charge in [-0.2, -0.15) is 5.26 Å². The average Bonchev–Trinajstić information content (AvgIpc) is 3.14. The van der Waals surface area contributed by atoms with Gasteiger partial charge in [0.1, 0.15) is 5.41 Å². The van der Waals surface area contributed by atoms with Gasteiger partial charge in [-0.1, -0.05) is 36.6 Å². The van der Waals surface area contributed by atoms with Crippen LogP contribution >= 0.6 is 11.6 Å². The lowest BCUT2D eigenvalue weighted by Gasteiger charge is -2.35. The fraction of sp³-hybridized carbons (Fsp3) is 0.579. The van der Waals surface area contributed by atoms with E-state index in [0.717, 1.165) is 31.5 Å². The minimum atomic E-state index is -0.838. The number of nitrogens with zero attached hydrogens (tertiary/aromatic N) is 2. The van der Waals surface area contributed by atoms with Crippen molar-refractivity contribution in [3.8, 4) is 6.07 Å². The maximum Gasteiger partial charge on any atom is 0.240 e. The van der Waals surface area contributed by atoms with Crippen LogP contribution in [0.15, 0.2) is 24.3 Å². The van der Waals surface area contributed by atoms with Crippen molar-refractivity contribution in [2.24, 2.45) is 5.41 Å². The van der Waals surface area contributed by atoms with Crippen LogP contribution in [0.1, 0.15) is 37.3 Å². The molecule has 1 N–H and O–H groups in total. The molecule has 1 aromatic carbocycles. The van der Waals surface area contributed by atoms with Crippen LogP contribution in [0.5, 0.6) is 0 Å². The molecule has 1 saturated carbocycles. The highest BCUT2D eigenvalue weighted by atomic mass is 35.5. The van der Waals surface area contributed by atoms with Crippen molar-refractivity contribution < 1.29 is 9.53 Å². The highest BCUT2D eigenvalue weighted by molar-refractivity contribution is 6.30. The number of hydrogen-bond donors (Lipinski definition) is 1. The zero-order chi connectivity index (χ0) is 17.7. The molecule has 1 aromatic rings. The molecular weight excluding hydrogens is 338 g/mol. The molecule has 5 nitrogen and oxygen atoms in total. The summed E-state index contributed by atoms with van der Waals surface area (Å²) in [6.07, 6.45) is 3.23. The summed E-state index contributed by atoms with van der Waals surface area (Å²) < 4.78 is 5.45. The molecule has 1 saturated heterocycles. The number of hydrogen-bond acceptors (Lipinski definition) is 4. The molecule has 6 heteroatoms. The predicted molar refractivity (Wildman–Crippen MR) is 96.1 cm³/mol. The van der Waals surface area contributed by atoms with E-state index in [-0.39, 0.29) is 11.9 Å². The lowest BCUT2D eigenvalue weighted by atomic mass is 9.87. The molecule has 2 fully saturated rings. The minimum absolute atomic E-state index is 0.0577. The first-order valence-corrected chi connectivity index (χ1v) is 9.29. The van der Waals surface area contributed by atoms with Crippen molar-refractivity contribution in [3.63, 3.8) is 0 Å². The molecule has 0 bridgehead atoms. The molecule has 3 rings (SSSR count). The number of ether oxygens (including phenoxy) is 1. The second-order valence-corrected chi connectivity index (χ2v) is 7.26. The molecular formula is C19H24ClN3O2. The summed E-state index contributed by atoms with van der Waals surface area (Å²) in [4.78, 5) is 15.0. The second kappa shape index (κ2) is 8.18. The first-order chi connectivity index (χ1) is 12.1. The zero-order valence-corrected chi connectivity index (χ0v) is 15.1. The quantitative estimate of drug-likeness (QED) is 0.875. The highest BCUT2D eigenvalue weighted by Gasteiger charge is 2.41. The van der Waals surface area contributed by atoms with Gasteiger partial charge in [-0.3, -0.25) is 9.69 Å². The summed E-state index contributed by atoms with van der Waals surface area (Å²) >= 11 is 6.01. The number of amides is 1. The van der Waals surface area contributed by atoms with Gasteiger partial charge in [-0.25, -0.2) is 0 Å². The average molecular weight is 362 g/mol. The molecule has 1 amide bonds. The van der Waals surface area contributed by atoms with Gasteiger partial charge in [0.25, 0.3) is 0 Å². The number of carbonyl (C=O) groups is 1. The first kappa shape index (κ1) is 18.2. The molecule has 1 atom stereocenters. The molecule has 1 heterocycles. The van der Waals surface area contributed by atoms with Crippen molar-refractivity contribution in [2.75, 3.05) is 32.8 Å². The Kier molecular flexibility index (Phi) is 5.95. The standard InChI is InChI=1S/C19H24ClN3O2/c20-16-5-3-15(4-6-16)17(23-9-11-25-12-10-23)13-22-18(24)19(14-21)7-1-2-8-19/h3-6,17H,1-2,7-13H2,(H,22,24). The summed E-state index contributed by atoms with van der Waals surface area (Å²) in [5.74, 6) is -0.125. The fourth-order valence-electron chi connectivity index (χ4n) is 3.76. The van der Waals surface area contributed by atoms with E-state index in [4.69, 9.17) is 16.3 Å². The van der Waals surface area contributed by atoms with Crippen LogP contribution < -0.4 is 5.32 Å². The van der Waals surface area contributed by atoms with Gasteiger partial charge in [-0.05, 0) is 30.5 Å². The molecule has 1 aliphatic carbocycles. The van der Waals surface area contributed by atoms with Crippen molar-refractivity contribution in [1.82, 2.24) is 10.2 Å². The van der Waals surface area contributed by atoms with Crippen molar-refractivity contribution in [1.29, 1.82) is 5.26 Å². The molecule has 25 heavy (non-hydrogen) atoms. The number of carbonyl (C=O) groups excluding carboxylic acids is 1. The molecule has 134 valence electrons. The van der Waals surface area contributed by atoms with Gasteiger partial charge < -0.3 is 10.1 Å². The largest absolute Gasteiger partial charge is 0.379 e. The molecule has 0 aromatic heterocycles. The van der Waals surface area contributed by atoms with Gasteiger partial charge in [0.2, 0.25) is 5.91 Å². The Bertz CT molecular complexity index is 629. The predicted octanol–water partition coefficient (Wildman–Crippen LogP) is 2.91. The van der Waals surface area contributed by atoms with E-state index in [0.29, 0.717) is 37.6 Å². The van der Waals surface area contributed by atoms with E-state index >= 15 is 0 Å². The van der Waals surface area contributed by atoms with Gasteiger partial charge in [0, 0.05) is 24.7 Å². The van der Waals surface area contributed by atoms with E-state index in [2.05, 4.69) is 16.3 Å². The Morgan fingerprint density at radius 1 is 1.28 bits per heavy atom. The lowest BCUT2D eigenvalue weighted by Crippen LogP contribution is -2.46. The van der Waals surface area contributed by atoms with Gasteiger partial charge in [0.05, 0.1) is 25.3 Å². The number of nitriles is 1. The third-order valence-corrected chi connectivity index (χ3v) is 5.55. The van der Waals surface area contributed by atoms with Gasteiger partial charge in [0.15, 0.2) is 0 Å². The van der Waals surface area contributed by atoms with Crippen LogP contribution in [-0.2, 0) is 9.53 Å². The van der Waals surface area contributed by atoms with Crippen molar-refractivity contribution >= 4 is 17.5 Å². The van der Waals surface area contributed by atoms with Crippen LogP contribution in [0.3, 0.4) is 0 Å². The summed E-state index contributed by atoms with van der Waals surface area (Å²) in [7, 11) is 0. The van der Waals surface area contributed by atoms with E-state index < -0.39 is 5.41 Å². The maximum absolute atomic E-state index is 12.7. The number of rotatable bonds is 5. The van der Waals surface area contributed by atoms with Crippen LogP contribution in [0.25, 0.3) is 0 Å². The summed E-state index contributed by atoms with van der Waals surface area (Å²) in [6.45, 7) is 3.53. The minimum Gasteiger partial charge on any atom is -0.379 e.